The second-order valence-corrected chi connectivity index (χ2v) is 4.84. The first-order chi connectivity index (χ1) is 8.56. The third-order valence-electron chi connectivity index (χ3n) is 3.46. The fourth-order valence-corrected chi connectivity index (χ4v) is 2.31. The molecule has 0 saturated carbocycles. The number of nitrogens with one attached hydrogen (secondary N) is 1. The number of carboxylic acids is 1. The van der Waals surface area contributed by atoms with Crippen LogP contribution in [0.5, 0.6) is 0 Å². The first-order valence-corrected chi connectivity index (χ1v) is 6.21. The van der Waals surface area contributed by atoms with E-state index in [1.54, 1.807) is 17.1 Å². The van der Waals surface area contributed by atoms with E-state index in [0.717, 1.165) is 0 Å². The molecule has 2 unspecified atom stereocenters. The molecule has 0 radical (unpaired) electrons. The molecule has 1 aliphatic heterocycles. The lowest BCUT2D eigenvalue weighted by Crippen LogP contribution is -2.48. The molecule has 0 aromatic heterocycles. The van der Waals surface area contributed by atoms with E-state index >= 15 is 0 Å². The average Bonchev–Trinajstić information content (AvgIpc) is 2.78. The van der Waals surface area contributed by atoms with E-state index in [-0.39, 0.29) is 18.2 Å². The molecule has 6 heteroatoms. The Balaban J connectivity index is 1.79. The highest BCUT2D eigenvalue weighted by Crippen LogP contribution is 2.18. The number of aliphatic hydroxyl groups is 1. The summed E-state index contributed by atoms with van der Waals surface area (Å²) in [7, 11) is 0. The number of nitrogens with zero attached hydrogens (tertiary/aromatic N) is 1. The molecule has 0 aromatic rings. The summed E-state index contributed by atoms with van der Waals surface area (Å²) in [6.45, 7) is 1.09. The summed E-state index contributed by atoms with van der Waals surface area (Å²) in [5, 5.41) is 21.0. The Bertz CT molecular complexity index is 361. The zero-order valence-corrected chi connectivity index (χ0v) is 10.1. The van der Waals surface area contributed by atoms with Gasteiger partial charge in [0.05, 0.1) is 18.1 Å². The third-order valence-corrected chi connectivity index (χ3v) is 3.46. The SMILES string of the molecule is O=C(O)C1C=CC(NC(=O)N2CCC(O)CC2)C1. The van der Waals surface area contributed by atoms with Gasteiger partial charge in [-0.3, -0.25) is 4.79 Å². The number of rotatable bonds is 2. The molecule has 1 heterocycles. The van der Waals surface area contributed by atoms with Crippen LogP contribution < -0.4 is 5.32 Å². The lowest BCUT2D eigenvalue weighted by atomic mass is 10.1. The molecule has 3 N–H and O–H groups in total. The molecule has 100 valence electrons. The van der Waals surface area contributed by atoms with Crippen molar-refractivity contribution in [2.24, 2.45) is 5.92 Å². The van der Waals surface area contributed by atoms with Gasteiger partial charge in [0, 0.05) is 13.1 Å². The van der Waals surface area contributed by atoms with E-state index in [1.807, 2.05) is 0 Å². The van der Waals surface area contributed by atoms with Crippen molar-refractivity contribution in [3.8, 4) is 0 Å². The van der Waals surface area contributed by atoms with Crippen LogP contribution in [0.25, 0.3) is 0 Å². The van der Waals surface area contributed by atoms with Crippen LogP contribution in [0.4, 0.5) is 4.79 Å². The highest BCUT2D eigenvalue weighted by molar-refractivity contribution is 5.76. The largest absolute Gasteiger partial charge is 0.481 e. The van der Waals surface area contributed by atoms with Gasteiger partial charge in [0.25, 0.3) is 0 Å². The molecule has 0 spiro atoms. The normalized spacial score (nSPS) is 28.4. The van der Waals surface area contributed by atoms with Crippen LogP contribution >= 0.6 is 0 Å². The van der Waals surface area contributed by atoms with E-state index in [1.165, 1.54) is 0 Å². The summed E-state index contributed by atoms with van der Waals surface area (Å²) in [6, 6.07) is -0.381. The van der Waals surface area contributed by atoms with Gasteiger partial charge in [-0.2, -0.15) is 0 Å². The molecule has 2 rings (SSSR count). The molecule has 6 nitrogen and oxygen atoms in total. The monoisotopic (exact) mass is 254 g/mol. The van der Waals surface area contributed by atoms with Gasteiger partial charge in [0.15, 0.2) is 0 Å². The number of hydrogen-bond donors (Lipinski definition) is 3. The second kappa shape index (κ2) is 5.39. The number of carbonyl (C=O) groups is 2. The molecule has 1 saturated heterocycles. The molecule has 0 aromatic carbocycles. The summed E-state index contributed by atoms with van der Waals surface area (Å²) in [4.78, 5) is 24.3. The van der Waals surface area contributed by atoms with Crippen molar-refractivity contribution in [1.82, 2.24) is 10.2 Å². The predicted octanol–water partition coefficient (Wildman–Crippen LogP) is 0.182. The average molecular weight is 254 g/mol. The van der Waals surface area contributed by atoms with Crippen LogP contribution in [-0.4, -0.2) is 52.3 Å². The Labute approximate surface area is 105 Å². The number of amides is 2. The van der Waals surface area contributed by atoms with Crippen LogP contribution in [0, 0.1) is 5.92 Å². The standard InChI is InChI=1S/C12H18N2O4/c15-10-3-5-14(6-4-10)12(18)13-9-2-1-8(7-9)11(16)17/h1-2,8-10,15H,3-7H2,(H,13,18)(H,16,17). The van der Waals surface area contributed by atoms with Gasteiger partial charge in [-0.05, 0) is 19.3 Å². The number of urea groups is 1. The zero-order chi connectivity index (χ0) is 13.1. The van der Waals surface area contributed by atoms with Crippen molar-refractivity contribution in [3.63, 3.8) is 0 Å². The Hall–Kier alpha value is -1.56. The second-order valence-electron chi connectivity index (χ2n) is 4.84. The van der Waals surface area contributed by atoms with Gasteiger partial charge >= 0.3 is 12.0 Å². The zero-order valence-electron chi connectivity index (χ0n) is 10.1. The van der Waals surface area contributed by atoms with Crippen LogP contribution in [0.3, 0.4) is 0 Å². The minimum Gasteiger partial charge on any atom is -0.481 e. The first-order valence-electron chi connectivity index (χ1n) is 6.21. The fraction of sp³-hybridized carbons (Fsp3) is 0.667. The Kier molecular flexibility index (Phi) is 3.86. The predicted molar refractivity (Wildman–Crippen MR) is 64.0 cm³/mol. The van der Waals surface area contributed by atoms with Gasteiger partial charge in [-0.25, -0.2) is 4.79 Å². The number of carboxylic acid groups (broad SMARTS) is 1. The Morgan fingerprint density at radius 2 is 1.89 bits per heavy atom. The van der Waals surface area contributed by atoms with E-state index in [2.05, 4.69) is 5.32 Å². The van der Waals surface area contributed by atoms with Crippen molar-refractivity contribution in [1.29, 1.82) is 0 Å². The summed E-state index contributed by atoms with van der Waals surface area (Å²) in [5.74, 6) is -1.36. The highest BCUT2D eigenvalue weighted by Gasteiger charge is 2.27. The lowest BCUT2D eigenvalue weighted by molar-refractivity contribution is -0.140. The number of hydrogen-bond acceptors (Lipinski definition) is 3. The number of piperidine rings is 1. The van der Waals surface area contributed by atoms with E-state index < -0.39 is 11.9 Å². The van der Waals surface area contributed by atoms with Crippen molar-refractivity contribution in [2.45, 2.75) is 31.4 Å². The molecular weight excluding hydrogens is 236 g/mol. The van der Waals surface area contributed by atoms with Crippen molar-refractivity contribution >= 4 is 12.0 Å². The lowest BCUT2D eigenvalue weighted by Gasteiger charge is -2.30. The van der Waals surface area contributed by atoms with Crippen LogP contribution in [-0.2, 0) is 4.79 Å². The van der Waals surface area contributed by atoms with Gasteiger partial charge < -0.3 is 20.4 Å². The van der Waals surface area contributed by atoms with Gasteiger partial charge in [0.2, 0.25) is 0 Å². The fourth-order valence-electron chi connectivity index (χ4n) is 2.31. The third kappa shape index (κ3) is 3.01. The molecular formula is C12H18N2O4. The first kappa shape index (κ1) is 12.9. The summed E-state index contributed by atoms with van der Waals surface area (Å²) in [5.41, 5.74) is 0. The molecule has 2 amide bonds. The van der Waals surface area contributed by atoms with Crippen molar-refractivity contribution < 1.29 is 19.8 Å². The highest BCUT2D eigenvalue weighted by atomic mass is 16.4. The van der Waals surface area contributed by atoms with Gasteiger partial charge in [0.1, 0.15) is 0 Å². The summed E-state index contributed by atoms with van der Waals surface area (Å²) >= 11 is 0. The smallest absolute Gasteiger partial charge is 0.317 e. The Morgan fingerprint density at radius 3 is 2.44 bits per heavy atom. The van der Waals surface area contributed by atoms with Crippen LogP contribution in [0.2, 0.25) is 0 Å². The number of aliphatic carboxylic acids is 1. The summed E-state index contributed by atoms with van der Waals surface area (Å²) < 4.78 is 0. The van der Waals surface area contributed by atoms with E-state index in [9.17, 15) is 14.7 Å². The van der Waals surface area contributed by atoms with E-state index in [4.69, 9.17) is 5.11 Å². The Morgan fingerprint density at radius 1 is 1.22 bits per heavy atom. The topological polar surface area (TPSA) is 89.9 Å². The molecule has 1 fully saturated rings. The molecule has 1 aliphatic carbocycles. The molecule has 18 heavy (non-hydrogen) atoms. The maximum Gasteiger partial charge on any atom is 0.317 e. The molecule has 0 bridgehead atoms. The maximum atomic E-state index is 11.9. The maximum absolute atomic E-state index is 11.9. The van der Waals surface area contributed by atoms with Crippen LogP contribution in [0.15, 0.2) is 12.2 Å². The van der Waals surface area contributed by atoms with Crippen LogP contribution in [0.1, 0.15) is 19.3 Å². The minimum atomic E-state index is -0.857. The van der Waals surface area contributed by atoms with Gasteiger partial charge in [-0.15, -0.1) is 0 Å². The summed E-state index contributed by atoms with van der Waals surface area (Å²) in [6.07, 6.45) is 4.66. The molecule has 2 atom stereocenters. The number of likely N-dealkylation sites (tertiary alicyclic amines) is 1. The minimum absolute atomic E-state index is 0.178. The number of aliphatic hydroxyl groups excluding tert-OH is 1. The van der Waals surface area contributed by atoms with Crippen molar-refractivity contribution in [2.75, 3.05) is 13.1 Å². The molecule has 2 aliphatic rings. The number of carbonyl (C=O) groups excluding carboxylic acids is 1. The van der Waals surface area contributed by atoms with E-state index in [0.29, 0.717) is 32.4 Å². The van der Waals surface area contributed by atoms with Crippen molar-refractivity contribution in [3.05, 3.63) is 12.2 Å². The van der Waals surface area contributed by atoms with Gasteiger partial charge in [-0.1, -0.05) is 12.2 Å². The quantitative estimate of drug-likeness (QED) is 0.613.